The summed E-state index contributed by atoms with van der Waals surface area (Å²) in [5, 5.41) is 15.8. The first-order valence-electron chi connectivity index (χ1n) is 8.12. The monoisotopic (exact) mass is 391 g/mol. The molecule has 6 nitrogen and oxygen atoms in total. The highest BCUT2D eigenvalue weighted by Gasteiger charge is 2.25. The Morgan fingerprint density at radius 3 is 2.85 bits per heavy atom. The molecule has 26 heavy (non-hydrogen) atoms. The molecule has 0 aliphatic heterocycles. The molecule has 0 bridgehead atoms. The van der Waals surface area contributed by atoms with Gasteiger partial charge >= 0.3 is 0 Å². The summed E-state index contributed by atoms with van der Waals surface area (Å²) < 4.78 is 5.01. The van der Waals surface area contributed by atoms with Crippen LogP contribution in [0.1, 0.15) is 19.1 Å². The number of rotatable bonds is 6. The molecule has 0 saturated heterocycles. The molecule has 0 saturated carbocycles. The predicted octanol–water partition coefficient (Wildman–Crippen LogP) is 4.39. The van der Waals surface area contributed by atoms with Crippen molar-refractivity contribution in [3.63, 3.8) is 0 Å². The van der Waals surface area contributed by atoms with E-state index in [9.17, 15) is 9.90 Å². The minimum Gasteiger partial charge on any atom is -0.491 e. The van der Waals surface area contributed by atoms with Crippen molar-refractivity contribution in [2.75, 3.05) is 11.9 Å². The van der Waals surface area contributed by atoms with Crippen LogP contribution in [0, 0.1) is 5.92 Å². The molecule has 3 aromatic rings. The highest BCUT2D eigenvalue weighted by Crippen LogP contribution is 2.32. The third-order valence-corrected chi connectivity index (χ3v) is 5.34. The van der Waals surface area contributed by atoms with Crippen LogP contribution in [0.4, 0.5) is 5.13 Å². The number of anilines is 1. The van der Waals surface area contributed by atoms with E-state index in [0.717, 1.165) is 11.3 Å². The molecule has 0 aliphatic carbocycles. The van der Waals surface area contributed by atoms with Crippen LogP contribution in [0.2, 0.25) is 5.02 Å². The second kappa shape index (κ2) is 7.88. The van der Waals surface area contributed by atoms with Crippen molar-refractivity contribution < 1.29 is 14.4 Å². The van der Waals surface area contributed by atoms with Gasteiger partial charge in [0.05, 0.1) is 5.69 Å². The molecule has 0 aliphatic rings. The molecular formula is C18H18ClN3O3S. The SMILES string of the molecule is CC[C@H](Cc1cc(O)no1)C(=O)N(C)c1nc(-c2ccccc2Cl)cs1. The second-order valence-corrected chi connectivity index (χ2v) is 7.10. The topological polar surface area (TPSA) is 79.5 Å². The molecule has 0 radical (unpaired) electrons. The third kappa shape index (κ3) is 3.89. The van der Waals surface area contributed by atoms with E-state index in [1.54, 1.807) is 11.9 Å². The zero-order valence-corrected chi connectivity index (χ0v) is 15.9. The smallest absolute Gasteiger partial charge is 0.251 e. The average Bonchev–Trinajstić information content (AvgIpc) is 3.28. The van der Waals surface area contributed by atoms with Gasteiger partial charge in [0, 0.05) is 41.4 Å². The first-order chi connectivity index (χ1) is 12.5. The molecule has 3 rings (SSSR count). The van der Waals surface area contributed by atoms with E-state index in [1.807, 2.05) is 36.6 Å². The maximum atomic E-state index is 12.8. The van der Waals surface area contributed by atoms with Crippen molar-refractivity contribution in [2.24, 2.45) is 5.92 Å². The van der Waals surface area contributed by atoms with Crippen LogP contribution in [0.5, 0.6) is 5.88 Å². The summed E-state index contributed by atoms with van der Waals surface area (Å²) >= 11 is 7.61. The van der Waals surface area contributed by atoms with Crippen LogP contribution in [-0.2, 0) is 11.2 Å². The summed E-state index contributed by atoms with van der Waals surface area (Å²) in [6, 6.07) is 8.89. The molecule has 1 atom stereocenters. The van der Waals surface area contributed by atoms with E-state index >= 15 is 0 Å². The van der Waals surface area contributed by atoms with Gasteiger partial charge in [0.15, 0.2) is 5.13 Å². The highest BCUT2D eigenvalue weighted by atomic mass is 35.5. The summed E-state index contributed by atoms with van der Waals surface area (Å²) in [7, 11) is 1.71. The molecule has 0 fully saturated rings. The zero-order chi connectivity index (χ0) is 18.7. The maximum Gasteiger partial charge on any atom is 0.251 e. The number of hydrogen-bond acceptors (Lipinski definition) is 6. The Labute approximate surface area is 160 Å². The van der Waals surface area contributed by atoms with E-state index in [0.29, 0.717) is 28.8 Å². The summed E-state index contributed by atoms with van der Waals surface area (Å²) in [5.74, 6) is -0.0598. The fourth-order valence-electron chi connectivity index (χ4n) is 2.63. The van der Waals surface area contributed by atoms with Gasteiger partial charge in [-0.1, -0.05) is 36.7 Å². The van der Waals surface area contributed by atoms with Crippen molar-refractivity contribution in [3.05, 3.63) is 46.5 Å². The van der Waals surface area contributed by atoms with Gasteiger partial charge in [-0.05, 0) is 17.6 Å². The number of nitrogens with zero attached hydrogens (tertiary/aromatic N) is 3. The number of hydrogen-bond donors (Lipinski definition) is 1. The number of carbonyl (C=O) groups excluding carboxylic acids is 1. The van der Waals surface area contributed by atoms with E-state index in [4.69, 9.17) is 16.1 Å². The molecule has 1 amide bonds. The van der Waals surface area contributed by atoms with Crippen molar-refractivity contribution in [1.29, 1.82) is 0 Å². The number of amides is 1. The number of aromatic nitrogens is 2. The van der Waals surface area contributed by atoms with Crippen LogP contribution in [0.25, 0.3) is 11.3 Å². The molecule has 1 N–H and O–H groups in total. The van der Waals surface area contributed by atoms with E-state index in [1.165, 1.54) is 17.4 Å². The molecule has 0 spiro atoms. The highest BCUT2D eigenvalue weighted by molar-refractivity contribution is 7.14. The van der Waals surface area contributed by atoms with Crippen LogP contribution < -0.4 is 4.90 Å². The van der Waals surface area contributed by atoms with Gasteiger partial charge in [-0.2, -0.15) is 0 Å². The Kier molecular flexibility index (Phi) is 5.58. The summed E-state index contributed by atoms with van der Waals surface area (Å²) in [4.78, 5) is 18.9. The van der Waals surface area contributed by atoms with Crippen LogP contribution in [0.3, 0.4) is 0 Å². The number of carbonyl (C=O) groups is 1. The summed E-state index contributed by atoms with van der Waals surface area (Å²) in [6.45, 7) is 1.93. The lowest BCUT2D eigenvalue weighted by atomic mass is 9.99. The summed E-state index contributed by atoms with van der Waals surface area (Å²) in [5.41, 5.74) is 1.57. The summed E-state index contributed by atoms with van der Waals surface area (Å²) in [6.07, 6.45) is 1.00. The first kappa shape index (κ1) is 18.4. The van der Waals surface area contributed by atoms with Crippen molar-refractivity contribution in [2.45, 2.75) is 19.8 Å². The molecular weight excluding hydrogens is 374 g/mol. The lowest BCUT2D eigenvalue weighted by Gasteiger charge is -2.20. The van der Waals surface area contributed by atoms with Gasteiger partial charge in [0.1, 0.15) is 5.76 Å². The number of benzene rings is 1. The number of halogens is 1. The number of thiazole rings is 1. The fraction of sp³-hybridized carbons (Fsp3) is 0.278. The van der Waals surface area contributed by atoms with E-state index in [2.05, 4.69) is 10.1 Å². The van der Waals surface area contributed by atoms with Gasteiger partial charge in [-0.15, -0.1) is 11.3 Å². The van der Waals surface area contributed by atoms with Crippen molar-refractivity contribution >= 4 is 34.0 Å². The molecule has 2 heterocycles. The fourth-order valence-corrected chi connectivity index (χ4v) is 3.65. The second-order valence-electron chi connectivity index (χ2n) is 5.85. The molecule has 8 heteroatoms. The van der Waals surface area contributed by atoms with Gasteiger partial charge in [0.25, 0.3) is 5.88 Å². The molecule has 0 unspecified atom stereocenters. The van der Waals surface area contributed by atoms with E-state index in [-0.39, 0.29) is 17.7 Å². The van der Waals surface area contributed by atoms with Gasteiger partial charge in [-0.3, -0.25) is 9.69 Å². The van der Waals surface area contributed by atoms with Crippen LogP contribution in [0.15, 0.2) is 40.2 Å². The lowest BCUT2D eigenvalue weighted by molar-refractivity contribution is -0.122. The van der Waals surface area contributed by atoms with E-state index < -0.39 is 0 Å². The van der Waals surface area contributed by atoms with Crippen molar-refractivity contribution in [3.8, 4) is 17.1 Å². The minimum atomic E-state index is -0.292. The standard InChI is InChI=1S/C18H18ClN3O3S/c1-3-11(8-12-9-16(23)21-25-12)17(24)22(2)18-20-15(10-26-18)13-6-4-5-7-14(13)19/h4-7,9-11H,3,8H2,1-2H3,(H,21,23)/t11-/m1/s1. The molecule has 1 aromatic carbocycles. The Hall–Kier alpha value is -2.38. The lowest BCUT2D eigenvalue weighted by Crippen LogP contribution is -2.33. The van der Waals surface area contributed by atoms with Gasteiger partial charge in [0.2, 0.25) is 5.91 Å². The van der Waals surface area contributed by atoms with Crippen LogP contribution >= 0.6 is 22.9 Å². The normalized spacial score (nSPS) is 12.1. The third-order valence-electron chi connectivity index (χ3n) is 4.10. The zero-order valence-electron chi connectivity index (χ0n) is 14.3. The average molecular weight is 392 g/mol. The Morgan fingerprint density at radius 1 is 1.42 bits per heavy atom. The Balaban J connectivity index is 1.76. The van der Waals surface area contributed by atoms with Crippen LogP contribution in [-0.4, -0.2) is 28.2 Å². The molecule has 136 valence electrons. The first-order valence-corrected chi connectivity index (χ1v) is 9.38. The van der Waals surface area contributed by atoms with Gasteiger partial charge < -0.3 is 9.63 Å². The van der Waals surface area contributed by atoms with Crippen molar-refractivity contribution in [1.82, 2.24) is 10.1 Å². The largest absolute Gasteiger partial charge is 0.491 e. The Bertz CT molecular complexity index is 908. The minimum absolute atomic E-state index is 0.0663. The number of aromatic hydroxyl groups is 1. The molecule has 2 aromatic heterocycles. The maximum absolute atomic E-state index is 12.8. The van der Waals surface area contributed by atoms with Gasteiger partial charge in [-0.25, -0.2) is 4.98 Å². The predicted molar refractivity (Wildman–Crippen MR) is 102 cm³/mol. The quantitative estimate of drug-likeness (QED) is 0.674. The Morgan fingerprint density at radius 2 is 2.19 bits per heavy atom.